The fourth-order valence-electron chi connectivity index (χ4n) is 1.34. The molecule has 0 spiro atoms. The molecule has 1 rings (SSSR count). The highest BCUT2D eigenvalue weighted by molar-refractivity contribution is 5.99. The molecule has 0 fully saturated rings. The Labute approximate surface area is 95.5 Å². The Balaban J connectivity index is 2.19. The zero-order valence-corrected chi connectivity index (χ0v) is 9.58. The lowest BCUT2D eigenvalue weighted by Gasteiger charge is -2.04. The van der Waals surface area contributed by atoms with Crippen LogP contribution in [0.4, 0.5) is 0 Å². The van der Waals surface area contributed by atoms with E-state index in [-0.39, 0.29) is 12.6 Å². The maximum absolute atomic E-state index is 11.3. The minimum Gasteiger partial charge on any atom is -0.459 e. The molecule has 16 heavy (non-hydrogen) atoms. The lowest BCUT2D eigenvalue weighted by molar-refractivity contribution is -0.142. The molecule has 88 valence electrons. The van der Waals surface area contributed by atoms with Crippen LogP contribution in [0.1, 0.15) is 38.2 Å². The van der Waals surface area contributed by atoms with Crippen molar-refractivity contribution in [3.63, 3.8) is 0 Å². The number of rotatable bonds is 7. The highest BCUT2D eigenvalue weighted by atomic mass is 16.5. The summed E-state index contributed by atoms with van der Waals surface area (Å²) < 4.78 is 5.00. The summed E-state index contributed by atoms with van der Waals surface area (Å²) in [5.41, 5.74) is 1.09. The van der Waals surface area contributed by atoms with Crippen LogP contribution in [0, 0.1) is 5.41 Å². The van der Waals surface area contributed by atoms with E-state index < -0.39 is 0 Å². The fraction of sp³-hybridized carbons (Fsp3) is 0.500. The van der Waals surface area contributed by atoms with E-state index in [0.717, 1.165) is 24.8 Å². The van der Waals surface area contributed by atoms with Crippen LogP contribution in [-0.2, 0) is 9.53 Å². The number of carbonyl (C=O) groups excluding carboxylic acids is 1. The van der Waals surface area contributed by atoms with Crippen LogP contribution in [0.3, 0.4) is 0 Å². The molecule has 0 atom stereocenters. The van der Waals surface area contributed by atoms with E-state index in [1.165, 1.54) is 0 Å². The molecule has 0 saturated heterocycles. The number of ether oxygens (including phenoxy) is 1. The summed E-state index contributed by atoms with van der Waals surface area (Å²) in [6.45, 7) is 2.15. The molecule has 0 saturated carbocycles. The van der Waals surface area contributed by atoms with Crippen molar-refractivity contribution in [2.45, 2.75) is 32.6 Å². The van der Waals surface area contributed by atoms with Crippen molar-refractivity contribution in [3.8, 4) is 0 Å². The van der Waals surface area contributed by atoms with Gasteiger partial charge in [0, 0.05) is 24.4 Å². The lowest BCUT2D eigenvalue weighted by Crippen LogP contribution is -2.13. The van der Waals surface area contributed by atoms with E-state index in [4.69, 9.17) is 10.1 Å². The van der Waals surface area contributed by atoms with E-state index >= 15 is 0 Å². The molecule has 4 nitrogen and oxygen atoms in total. The Morgan fingerprint density at radius 2 is 2.31 bits per heavy atom. The van der Waals surface area contributed by atoms with Crippen LogP contribution in [0.25, 0.3) is 0 Å². The Hall–Kier alpha value is -1.58. The summed E-state index contributed by atoms with van der Waals surface area (Å²) >= 11 is 0. The summed E-state index contributed by atoms with van der Waals surface area (Å²) in [6, 6.07) is 1.78. The van der Waals surface area contributed by atoms with Gasteiger partial charge in [0.05, 0.1) is 5.71 Å². The van der Waals surface area contributed by atoms with Gasteiger partial charge in [0.15, 0.2) is 0 Å². The number of H-pyrrole nitrogens is 1. The van der Waals surface area contributed by atoms with Gasteiger partial charge in [0.1, 0.15) is 6.61 Å². The van der Waals surface area contributed by atoms with Gasteiger partial charge in [0.2, 0.25) is 0 Å². The summed E-state index contributed by atoms with van der Waals surface area (Å²) in [4.78, 5) is 14.1. The zero-order valence-electron chi connectivity index (χ0n) is 9.58. The second-order valence-electron chi connectivity index (χ2n) is 3.70. The standard InChI is InChI=1S/C12H18N2O2/c1-2-3-4-5-12(15)16-9-11(13)10-6-7-14-8-10/h6-8,13-14H,2-5,9H2,1H3. The molecule has 0 radical (unpaired) electrons. The first-order valence-electron chi connectivity index (χ1n) is 5.60. The Kier molecular flexibility index (Phi) is 5.32. The average molecular weight is 222 g/mol. The number of carbonyl (C=O) groups is 1. The van der Waals surface area contributed by atoms with Crippen LogP contribution >= 0.6 is 0 Å². The third-order valence-electron chi connectivity index (χ3n) is 2.31. The third-order valence-corrected chi connectivity index (χ3v) is 2.31. The van der Waals surface area contributed by atoms with Gasteiger partial charge in [-0.3, -0.25) is 4.79 Å². The molecular formula is C12H18N2O2. The maximum Gasteiger partial charge on any atom is 0.306 e. The molecule has 0 aliphatic heterocycles. The first kappa shape index (κ1) is 12.5. The molecule has 1 aromatic heterocycles. The van der Waals surface area contributed by atoms with Gasteiger partial charge in [-0.05, 0) is 12.5 Å². The van der Waals surface area contributed by atoms with Crippen LogP contribution in [0.5, 0.6) is 0 Å². The first-order valence-corrected chi connectivity index (χ1v) is 5.60. The second-order valence-corrected chi connectivity index (χ2v) is 3.70. The largest absolute Gasteiger partial charge is 0.459 e. The van der Waals surface area contributed by atoms with Crippen LogP contribution in [-0.4, -0.2) is 23.3 Å². The van der Waals surface area contributed by atoms with Gasteiger partial charge in [-0.25, -0.2) is 0 Å². The molecule has 0 amide bonds. The van der Waals surface area contributed by atoms with E-state index in [1.54, 1.807) is 18.5 Å². The Morgan fingerprint density at radius 3 is 2.94 bits per heavy atom. The van der Waals surface area contributed by atoms with E-state index in [1.807, 2.05) is 0 Å². The second kappa shape index (κ2) is 6.82. The summed E-state index contributed by atoms with van der Waals surface area (Å²) in [5.74, 6) is -0.214. The molecular weight excluding hydrogens is 204 g/mol. The number of nitrogens with one attached hydrogen (secondary N) is 2. The molecule has 0 aliphatic carbocycles. The van der Waals surface area contributed by atoms with Gasteiger partial charge in [0.25, 0.3) is 0 Å². The number of aromatic nitrogens is 1. The van der Waals surface area contributed by atoms with Crippen molar-refractivity contribution in [1.82, 2.24) is 4.98 Å². The zero-order chi connectivity index (χ0) is 11.8. The molecule has 0 unspecified atom stereocenters. The fourth-order valence-corrected chi connectivity index (χ4v) is 1.34. The van der Waals surface area contributed by atoms with Gasteiger partial charge in [-0.1, -0.05) is 19.8 Å². The Bertz CT molecular complexity index is 331. The first-order chi connectivity index (χ1) is 7.74. The van der Waals surface area contributed by atoms with Crippen molar-refractivity contribution in [3.05, 3.63) is 24.0 Å². The monoisotopic (exact) mass is 222 g/mol. The van der Waals surface area contributed by atoms with Crippen LogP contribution < -0.4 is 0 Å². The number of aromatic amines is 1. The van der Waals surface area contributed by atoms with Gasteiger partial charge in [-0.15, -0.1) is 0 Å². The smallest absolute Gasteiger partial charge is 0.306 e. The quantitative estimate of drug-likeness (QED) is 0.423. The SMILES string of the molecule is CCCCCC(=O)OCC(=N)c1cc[nH]c1. The highest BCUT2D eigenvalue weighted by Gasteiger charge is 2.06. The van der Waals surface area contributed by atoms with E-state index in [2.05, 4.69) is 11.9 Å². The predicted molar refractivity (Wildman–Crippen MR) is 62.7 cm³/mol. The van der Waals surface area contributed by atoms with E-state index in [0.29, 0.717) is 12.1 Å². The number of unbranched alkanes of at least 4 members (excludes halogenated alkanes) is 2. The maximum atomic E-state index is 11.3. The van der Waals surface area contributed by atoms with Crippen molar-refractivity contribution < 1.29 is 9.53 Å². The van der Waals surface area contributed by atoms with Crippen molar-refractivity contribution in [1.29, 1.82) is 5.41 Å². The van der Waals surface area contributed by atoms with Gasteiger partial charge < -0.3 is 15.1 Å². The highest BCUT2D eigenvalue weighted by Crippen LogP contribution is 2.02. The molecule has 1 heterocycles. The van der Waals surface area contributed by atoms with Gasteiger partial charge in [-0.2, -0.15) is 0 Å². The molecule has 4 heteroatoms. The topological polar surface area (TPSA) is 65.9 Å². The number of hydrogen-bond acceptors (Lipinski definition) is 3. The molecule has 2 N–H and O–H groups in total. The van der Waals surface area contributed by atoms with Crippen molar-refractivity contribution in [2.75, 3.05) is 6.61 Å². The Morgan fingerprint density at radius 1 is 1.50 bits per heavy atom. The van der Waals surface area contributed by atoms with E-state index in [9.17, 15) is 4.79 Å². The van der Waals surface area contributed by atoms with Crippen molar-refractivity contribution in [2.24, 2.45) is 0 Å². The van der Waals surface area contributed by atoms with Crippen molar-refractivity contribution >= 4 is 11.7 Å². The molecule has 1 aromatic rings. The summed E-state index contributed by atoms with van der Waals surface area (Å²) in [7, 11) is 0. The lowest BCUT2D eigenvalue weighted by atomic mass is 10.2. The molecule has 0 aromatic carbocycles. The third kappa shape index (κ3) is 4.29. The summed E-state index contributed by atoms with van der Waals surface area (Å²) in [5, 5.41) is 7.66. The normalized spacial score (nSPS) is 10.1. The number of hydrogen-bond donors (Lipinski definition) is 2. The molecule has 0 bridgehead atoms. The average Bonchev–Trinajstić information content (AvgIpc) is 2.79. The minimum absolute atomic E-state index is 0.0583. The molecule has 0 aliphatic rings. The van der Waals surface area contributed by atoms with Crippen LogP contribution in [0.15, 0.2) is 18.5 Å². The summed E-state index contributed by atoms with van der Waals surface area (Å²) in [6.07, 6.45) is 6.91. The minimum atomic E-state index is -0.214. The number of esters is 1. The van der Waals surface area contributed by atoms with Crippen LogP contribution in [0.2, 0.25) is 0 Å². The predicted octanol–water partition coefficient (Wildman–Crippen LogP) is 2.51. The van der Waals surface area contributed by atoms with Gasteiger partial charge >= 0.3 is 5.97 Å².